The zero-order chi connectivity index (χ0) is 28.2. The molecule has 2 rings (SSSR count). The largest absolute Gasteiger partial charge is 0.491 e. The summed E-state index contributed by atoms with van der Waals surface area (Å²) in [5, 5.41) is 12.9. The molecule has 0 atom stereocenters. The number of nitro benzene ring substituents is 1. The number of hydrogen-bond acceptors (Lipinski definition) is 9. The highest BCUT2D eigenvalue weighted by Gasteiger charge is 2.15. The Bertz CT molecular complexity index is 943. The van der Waals surface area contributed by atoms with Crippen LogP contribution >= 0.6 is 0 Å². The van der Waals surface area contributed by atoms with Gasteiger partial charge in [0.15, 0.2) is 0 Å². The molecule has 11 nitrogen and oxygen atoms in total. The number of aryl methyl sites for hydroxylation is 1. The van der Waals surface area contributed by atoms with Crippen molar-refractivity contribution in [3.05, 3.63) is 64.2 Å². The molecule has 2 aromatic rings. The first-order valence-corrected chi connectivity index (χ1v) is 12.2. The lowest BCUT2D eigenvalue weighted by Gasteiger charge is -2.19. The highest BCUT2D eigenvalue weighted by molar-refractivity contribution is 5.67. The predicted octanol–water partition coefficient (Wildman–Crippen LogP) is 4.71. The Hall–Kier alpha value is -3.70. The molecule has 0 radical (unpaired) electrons. The van der Waals surface area contributed by atoms with E-state index in [2.05, 4.69) is 22.2 Å². The summed E-state index contributed by atoms with van der Waals surface area (Å²) < 4.78 is 25.5. The van der Waals surface area contributed by atoms with Crippen molar-refractivity contribution in [1.82, 2.24) is 5.32 Å². The standard InChI is InChI=1S/C20H33NO5.C7H5NO4/c1-20(2,3)26-19(22)21-12-6-5-7-17-8-10-18(11-9-17)25-16-15-24-14-13-23-4;9-5-12-7-3-1-6(2-4-7)8(10)11/h8-11H,5-7,12-16H2,1-4H3,(H,21,22);1-5H. The van der Waals surface area contributed by atoms with Crippen molar-refractivity contribution in [3.63, 3.8) is 0 Å². The topological polar surface area (TPSA) is 135 Å². The van der Waals surface area contributed by atoms with Gasteiger partial charge in [0.1, 0.15) is 23.7 Å². The highest BCUT2D eigenvalue weighted by atomic mass is 16.6. The van der Waals surface area contributed by atoms with Gasteiger partial charge in [0, 0.05) is 25.8 Å². The third-order valence-corrected chi connectivity index (χ3v) is 4.64. The maximum atomic E-state index is 11.5. The SMILES string of the molecule is COCCOCCOc1ccc(CCCCNC(=O)OC(C)(C)C)cc1.O=COc1ccc([N+](=O)[O-])cc1. The fraction of sp³-hybridized carbons (Fsp3) is 0.481. The molecule has 0 aliphatic heterocycles. The Morgan fingerprint density at radius 1 is 0.947 bits per heavy atom. The number of methoxy groups -OCH3 is 1. The third kappa shape index (κ3) is 16.1. The van der Waals surface area contributed by atoms with E-state index in [-0.39, 0.29) is 24.0 Å². The number of rotatable bonds is 15. The first-order chi connectivity index (χ1) is 18.1. The first kappa shape index (κ1) is 32.3. The molecule has 0 aromatic heterocycles. The quantitative estimate of drug-likeness (QED) is 0.149. The highest BCUT2D eigenvalue weighted by Crippen LogP contribution is 2.16. The molecule has 0 saturated heterocycles. The number of amides is 1. The normalized spacial score (nSPS) is 10.5. The number of carbonyl (C=O) groups excluding carboxylic acids is 2. The maximum absolute atomic E-state index is 11.5. The van der Waals surface area contributed by atoms with Crippen LogP contribution in [0, 0.1) is 10.1 Å². The molecular formula is C27H38N2O9. The van der Waals surface area contributed by atoms with Crippen LogP contribution in [0.2, 0.25) is 0 Å². The minimum atomic E-state index is -0.523. The molecule has 11 heteroatoms. The van der Waals surface area contributed by atoms with E-state index in [0.717, 1.165) is 25.0 Å². The Kier molecular flexibility index (Phi) is 15.8. The minimum Gasteiger partial charge on any atom is -0.491 e. The summed E-state index contributed by atoms with van der Waals surface area (Å²) in [6.07, 6.45) is 2.53. The van der Waals surface area contributed by atoms with Crippen molar-refractivity contribution >= 4 is 18.3 Å². The van der Waals surface area contributed by atoms with Crippen molar-refractivity contribution < 1.29 is 38.2 Å². The molecule has 1 N–H and O–H groups in total. The van der Waals surface area contributed by atoms with E-state index in [4.69, 9.17) is 18.9 Å². The Labute approximate surface area is 223 Å². The lowest BCUT2D eigenvalue weighted by atomic mass is 10.1. The van der Waals surface area contributed by atoms with E-state index >= 15 is 0 Å². The molecule has 0 saturated carbocycles. The number of nitrogens with zero attached hydrogens (tertiary/aromatic N) is 1. The number of unbranched alkanes of at least 4 members (excludes halogenated alkanes) is 1. The molecule has 0 fully saturated rings. The third-order valence-electron chi connectivity index (χ3n) is 4.64. The Balaban J connectivity index is 0.000000499. The van der Waals surface area contributed by atoms with Gasteiger partial charge < -0.3 is 29.0 Å². The number of non-ortho nitro benzene ring substituents is 1. The molecule has 0 aliphatic carbocycles. The molecule has 2 aromatic carbocycles. The van der Waals surface area contributed by atoms with Gasteiger partial charge in [-0.1, -0.05) is 12.1 Å². The lowest BCUT2D eigenvalue weighted by Crippen LogP contribution is -2.33. The summed E-state index contributed by atoms with van der Waals surface area (Å²) in [4.78, 5) is 31.0. The van der Waals surface area contributed by atoms with Crippen LogP contribution in [0.5, 0.6) is 11.5 Å². The Morgan fingerprint density at radius 2 is 1.58 bits per heavy atom. The summed E-state index contributed by atoms with van der Waals surface area (Å²) in [6.45, 7) is 8.72. The number of hydrogen-bond donors (Lipinski definition) is 1. The van der Waals surface area contributed by atoms with E-state index in [1.54, 1.807) is 7.11 Å². The number of nitrogens with one attached hydrogen (secondary N) is 1. The van der Waals surface area contributed by atoms with Gasteiger partial charge in [-0.05, 0) is 69.9 Å². The monoisotopic (exact) mass is 534 g/mol. The van der Waals surface area contributed by atoms with E-state index in [1.165, 1.54) is 29.8 Å². The number of alkyl carbamates (subject to hydrolysis) is 1. The molecule has 0 bridgehead atoms. The van der Waals surface area contributed by atoms with Gasteiger partial charge in [0.25, 0.3) is 12.2 Å². The fourth-order valence-electron chi connectivity index (χ4n) is 2.88. The number of carbonyl (C=O) groups is 2. The van der Waals surface area contributed by atoms with E-state index in [1.807, 2.05) is 32.9 Å². The van der Waals surface area contributed by atoms with Crippen LogP contribution in [-0.2, 0) is 25.4 Å². The molecular weight excluding hydrogens is 496 g/mol. The molecule has 38 heavy (non-hydrogen) atoms. The summed E-state index contributed by atoms with van der Waals surface area (Å²) in [5.74, 6) is 1.13. The van der Waals surface area contributed by atoms with Gasteiger partial charge in [-0.15, -0.1) is 0 Å². The lowest BCUT2D eigenvalue weighted by molar-refractivity contribution is -0.384. The summed E-state index contributed by atoms with van der Waals surface area (Å²) in [7, 11) is 1.65. The van der Waals surface area contributed by atoms with Crippen molar-refractivity contribution in [2.75, 3.05) is 40.1 Å². The van der Waals surface area contributed by atoms with Crippen molar-refractivity contribution in [2.24, 2.45) is 0 Å². The second-order valence-corrected chi connectivity index (χ2v) is 8.95. The van der Waals surface area contributed by atoms with Gasteiger partial charge in [0.2, 0.25) is 0 Å². The van der Waals surface area contributed by atoms with Crippen LogP contribution in [0.15, 0.2) is 48.5 Å². The average Bonchev–Trinajstić information content (AvgIpc) is 2.86. The number of nitro groups is 1. The van der Waals surface area contributed by atoms with Gasteiger partial charge in [0.05, 0.1) is 24.7 Å². The second-order valence-electron chi connectivity index (χ2n) is 8.95. The fourth-order valence-corrected chi connectivity index (χ4v) is 2.88. The molecule has 1 amide bonds. The zero-order valence-electron chi connectivity index (χ0n) is 22.5. The van der Waals surface area contributed by atoms with E-state index in [9.17, 15) is 19.7 Å². The molecule has 210 valence electrons. The summed E-state index contributed by atoms with van der Waals surface area (Å²) >= 11 is 0. The van der Waals surface area contributed by atoms with Gasteiger partial charge in [-0.3, -0.25) is 14.9 Å². The predicted molar refractivity (Wildman–Crippen MR) is 142 cm³/mol. The molecule has 0 unspecified atom stereocenters. The van der Waals surface area contributed by atoms with Crippen LogP contribution in [-0.4, -0.2) is 63.2 Å². The van der Waals surface area contributed by atoms with Crippen LogP contribution in [0.3, 0.4) is 0 Å². The number of benzene rings is 2. The maximum Gasteiger partial charge on any atom is 0.407 e. The van der Waals surface area contributed by atoms with Crippen LogP contribution in [0.4, 0.5) is 10.5 Å². The first-order valence-electron chi connectivity index (χ1n) is 12.2. The van der Waals surface area contributed by atoms with E-state index < -0.39 is 10.5 Å². The van der Waals surface area contributed by atoms with Crippen LogP contribution in [0.25, 0.3) is 0 Å². The molecule has 0 spiro atoms. The van der Waals surface area contributed by atoms with Gasteiger partial charge in [-0.2, -0.15) is 0 Å². The second kappa shape index (κ2) is 18.5. The summed E-state index contributed by atoms with van der Waals surface area (Å²) in [6, 6.07) is 13.3. The molecule has 0 aliphatic rings. The van der Waals surface area contributed by atoms with Gasteiger partial charge >= 0.3 is 6.09 Å². The zero-order valence-corrected chi connectivity index (χ0v) is 22.5. The average molecular weight is 535 g/mol. The number of ether oxygens (including phenoxy) is 5. The molecule has 0 heterocycles. The summed E-state index contributed by atoms with van der Waals surface area (Å²) in [5.41, 5.74) is 0.767. The minimum absolute atomic E-state index is 0.0340. The van der Waals surface area contributed by atoms with Crippen LogP contribution in [0.1, 0.15) is 39.2 Å². The van der Waals surface area contributed by atoms with Crippen LogP contribution < -0.4 is 14.8 Å². The van der Waals surface area contributed by atoms with Crippen molar-refractivity contribution in [1.29, 1.82) is 0 Å². The van der Waals surface area contributed by atoms with Gasteiger partial charge in [-0.25, -0.2) is 4.79 Å². The smallest absolute Gasteiger partial charge is 0.407 e. The Morgan fingerprint density at radius 3 is 2.16 bits per heavy atom. The van der Waals surface area contributed by atoms with Crippen molar-refractivity contribution in [3.8, 4) is 11.5 Å². The van der Waals surface area contributed by atoms with E-state index in [0.29, 0.717) is 33.0 Å². The van der Waals surface area contributed by atoms with Crippen molar-refractivity contribution in [2.45, 2.75) is 45.6 Å².